The lowest BCUT2D eigenvalue weighted by Gasteiger charge is -2.56. The number of hydrogen-bond acceptors (Lipinski definition) is 3. The van der Waals surface area contributed by atoms with Crippen LogP contribution in [0.15, 0.2) is 18.3 Å². The summed E-state index contributed by atoms with van der Waals surface area (Å²) in [6.45, 7) is 4.13. The third-order valence-corrected chi connectivity index (χ3v) is 6.81. The summed E-state index contributed by atoms with van der Waals surface area (Å²) in [4.78, 5) is 15.0. The standard InChI is InChI=1S/C20H30N2O3/c1-2-25-18-14-17(23)20(18)9-12-21(13-10-20)19(24)16-8-5-11-22(16)15-6-3-4-7-15/h5,8,11,15,17-18,23H,2-4,6-7,9-10,12-14H2,1H3. The molecule has 1 aliphatic heterocycles. The molecule has 1 aromatic rings. The van der Waals surface area contributed by atoms with Crippen LogP contribution in [0.1, 0.15) is 68.4 Å². The molecule has 2 aliphatic carbocycles. The molecule has 3 aliphatic rings. The van der Waals surface area contributed by atoms with Crippen molar-refractivity contribution in [1.29, 1.82) is 0 Å². The molecule has 0 aromatic carbocycles. The SMILES string of the molecule is CCOC1CC(O)C12CCN(C(=O)c1cccn1C1CCCC1)CC2. The largest absolute Gasteiger partial charge is 0.392 e. The number of rotatable bonds is 4. The van der Waals surface area contributed by atoms with Crippen LogP contribution in [-0.4, -0.2) is 52.4 Å². The highest BCUT2D eigenvalue weighted by Crippen LogP contribution is 2.51. The second-order valence-electron chi connectivity index (χ2n) is 7.96. The summed E-state index contributed by atoms with van der Waals surface area (Å²) < 4.78 is 8.02. The molecule has 1 saturated heterocycles. The number of aliphatic hydroxyl groups excluding tert-OH is 1. The van der Waals surface area contributed by atoms with E-state index in [9.17, 15) is 9.90 Å². The third kappa shape index (κ3) is 2.81. The highest BCUT2D eigenvalue weighted by molar-refractivity contribution is 5.93. The monoisotopic (exact) mass is 346 g/mol. The number of aliphatic hydroxyl groups is 1. The Morgan fingerprint density at radius 2 is 2.04 bits per heavy atom. The minimum Gasteiger partial charge on any atom is -0.392 e. The van der Waals surface area contributed by atoms with E-state index in [0.717, 1.165) is 38.0 Å². The zero-order valence-electron chi connectivity index (χ0n) is 15.2. The molecule has 0 bridgehead atoms. The lowest BCUT2D eigenvalue weighted by Crippen LogP contribution is -2.62. The maximum Gasteiger partial charge on any atom is 0.270 e. The lowest BCUT2D eigenvalue weighted by atomic mass is 9.58. The number of likely N-dealkylation sites (tertiary alicyclic amines) is 1. The number of ether oxygens (including phenoxy) is 1. The van der Waals surface area contributed by atoms with Gasteiger partial charge in [0.2, 0.25) is 0 Å². The highest BCUT2D eigenvalue weighted by atomic mass is 16.5. The van der Waals surface area contributed by atoms with Crippen molar-refractivity contribution in [3.05, 3.63) is 24.0 Å². The van der Waals surface area contributed by atoms with Gasteiger partial charge >= 0.3 is 0 Å². The Hall–Kier alpha value is -1.33. The average Bonchev–Trinajstić information content (AvgIpc) is 3.32. The number of nitrogens with zero attached hydrogens (tertiary/aromatic N) is 2. The zero-order chi connectivity index (χ0) is 17.4. The van der Waals surface area contributed by atoms with Crippen LogP contribution in [-0.2, 0) is 4.74 Å². The molecule has 2 saturated carbocycles. The fourth-order valence-electron chi connectivity index (χ4n) is 5.18. The lowest BCUT2D eigenvalue weighted by molar-refractivity contribution is -0.207. The summed E-state index contributed by atoms with van der Waals surface area (Å²) in [6.07, 6.45) is 9.26. The molecule has 0 radical (unpaired) electrons. The van der Waals surface area contributed by atoms with Crippen LogP contribution < -0.4 is 0 Å². The number of carbonyl (C=O) groups is 1. The summed E-state index contributed by atoms with van der Waals surface area (Å²) in [7, 11) is 0. The summed E-state index contributed by atoms with van der Waals surface area (Å²) in [5.41, 5.74) is 0.707. The van der Waals surface area contributed by atoms with Gasteiger partial charge in [0.05, 0.1) is 12.2 Å². The van der Waals surface area contributed by atoms with E-state index < -0.39 is 0 Å². The predicted octanol–water partition coefficient (Wildman–Crippen LogP) is 3.00. The molecular formula is C20H30N2O3. The molecule has 4 rings (SSSR count). The highest BCUT2D eigenvalue weighted by Gasteiger charge is 2.56. The quantitative estimate of drug-likeness (QED) is 0.912. The van der Waals surface area contributed by atoms with Crippen molar-refractivity contribution in [3.8, 4) is 0 Å². The summed E-state index contributed by atoms with van der Waals surface area (Å²) >= 11 is 0. The molecule has 5 nitrogen and oxygen atoms in total. The number of amides is 1. The van der Waals surface area contributed by atoms with Crippen molar-refractivity contribution in [2.75, 3.05) is 19.7 Å². The minimum absolute atomic E-state index is 0.125. The molecule has 5 heteroatoms. The molecule has 1 aromatic heterocycles. The summed E-state index contributed by atoms with van der Waals surface area (Å²) in [5, 5.41) is 10.3. The third-order valence-electron chi connectivity index (χ3n) is 6.81. The molecule has 1 spiro atoms. The normalized spacial score (nSPS) is 29.1. The van der Waals surface area contributed by atoms with E-state index >= 15 is 0 Å². The van der Waals surface area contributed by atoms with Gasteiger partial charge in [0, 0.05) is 43.8 Å². The van der Waals surface area contributed by atoms with Gasteiger partial charge in [-0.05, 0) is 44.7 Å². The molecule has 2 unspecified atom stereocenters. The first kappa shape index (κ1) is 17.1. The van der Waals surface area contributed by atoms with Gasteiger partial charge in [0.25, 0.3) is 5.91 Å². The predicted molar refractivity (Wildman–Crippen MR) is 95.5 cm³/mol. The summed E-state index contributed by atoms with van der Waals surface area (Å²) in [6, 6.07) is 4.45. The average molecular weight is 346 g/mol. The van der Waals surface area contributed by atoms with Gasteiger partial charge in [-0.2, -0.15) is 0 Å². The van der Waals surface area contributed by atoms with Crippen molar-refractivity contribution >= 4 is 5.91 Å². The van der Waals surface area contributed by atoms with E-state index in [-0.39, 0.29) is 23.5 Å². The van der Waals surface area contributed by atoms with Crippen LogP contribution in [0.3, 0.4) is 0 Å². The first-order chi connectivity index (χ1) is 12.2. The zero-order valence-corrected chi connectivity index (χ0v) is 15.2. The van der Waals surface area contributed by atoms with Gasteiger partial charge in [0.1, 0.15) is 5.69 Å². The van der Waals surface area contributed by atoms with Crippen molar-refractivity contribution < 1.29 is 14.6 Å². The van der Waals surface area contributed by atoms with Crippen LogP contribution in [0.4, 0.5) is 0 Å². The first-order valence-electron chi connectivity index (χ1n) is 9.91. The van der Waals surface area contributed by atoms with Gasteiger partial charge in [-0.3, -0.25) is 4.79 Å². The number of carbonyl (C=O) groups excluding carboxylic acids is 1. The topological polar surface area (TPSA) is 54.7 Å². The van der Waals surface area contributed by atoms with Crippen molar-refractivity contribution in [2.24, 2.45) is 5.41 Å². The van der Waals surface area contributed by atoms with Crippen LogP contribution in [0.5, 0.6) is 0 Å². The van der Waals surface area contributed by atoms with Crippen molar-refractivity contribution in [2.45, 2.75) is 70.1 Å². The molecule has 3 fully saturated rings. The van der Waals surface area contributed by atoms with Crippen LogP contribution in [0.25, 0.3) is 0 Å². The Kier molecular flexibility index (Phi) is 4.63. The van der Waals surface area contributed by atoms with Gasteiger partial charge in [0.15, 0.2) is 0 Å². The van der Waals surface area contributed by atoms with E-state index in [1.54, 1.807) is 0 Å². The summed E-state index contributed by atoms with van der Waals surface area (Å²) in [5.74, 6) is 0.147. The van der Waals surface area contributed by atoms with Gasteiger partial charge < -0.3 is 19.3 Å². The van der Waals surface area contributed by atoms with E-state index in [0.29, 0.717) is 12.6 Å². The Balaban J connectivity index is 1.43. The second kappa shape index (κ2) is 6.76. The molecule has 2 heterocycles. The van der Waals surface area contributed by atoms with E-state index in [1.165, 1.54) is 25.7 Å². The van der Waals surface area contributed by atoms with E-state index in [1.807, 2.05) is 24.0 Å². The second-order valence-corrected chi connectivity index (χ2v) is 7.96. The number of piperidine rings is 1. The smallest absolute Gasteiger partial charge is 0.270 e. The van der Waals surface area contributed by atoms with Gasteiger partial charge in [-0.25, -0.2) is 0 Å². The Bertz CT molecular complexity index is 610. The van der Waals surface area contributed by atoms with E-state index in [2.05, 4.69) is 10.8 Å². The van der Waals surface area contributed by atoms with E-state index in [4.69, 9.17) is 4.74 Å². The Morgan fingerprint density at radius 3 is 2.68 bits per heavy atom. The molecule has 1 amide bonds. The first-order valence-corrected chi connectivity index (χ1v) is 9.91. The molecular weight excluding hydrogens is 316 g/mol. The Labute approximate surface area is 150 Å². The maximum absolute atomic E-state index is 13.1. The van der Waals surface area contributed by atoms with Gasteiger partial charge in [-0.15, -0.1) is 0 Å². The maximum atomic E-state index is 13.1. The fraction of sp³-hybridized carbons (Fsp3) is 0.750. The van der Waals surface area contributed by atoms with Crippen LogP contribution in [0, 0.1) is 5.41 Å². The fourth-order valence-corrected chi connectivity index (χ4v) is 5.18. The Morgan fingerprint density at radius 1 is 1.32 bits per heavy atom. The van der Waals surface area contributed by atoms with Crippen LogP contribution >= 0.6 is 0 Å². The van der Waals surface area contributed by atoms with Gasteiger partial charge in [-0.1, -0.05) is 12.8 Å². The minimum atomic E-state index is -0.274. The number of hydrogen-bond donors (Lipinski definition) is 1. The molecule has 138 valence electrons. The van der Waals surface area contributed by atoms with Crippen molar-refractivity contribution in [1.82, 2.24) is 9.47 Å². The molecule has 1 N–H and O–H groups in total. The number of aromatic nitrogens is 1. The molecule has 2 atom stereocenters. The molecule has 25 heavy (non-hydrogen) atoms. The van der Waals surface area contributed by atoms with Crippen LogP contribution in [0.2, 0.25) is 0 Å². The van der Waals surface area contributed by atoms with Crippen molar-refractivity contribution in [3.63, 3.8) is 0 Å².